The van der Waals surface area contributed by atoms with Crippen LogP contribution in [0, 0.1) is 11.6 Å². The summed E-state index contributed by atoms with van der Waals surface area (Å²) < 4.78 is 37.3. The van der Waals surface area contributed by atoms with E-state index in [2.05, 4.69) is 15.5 Å². The quantitative estimate of drug-likeness (QED) is 0.524. The highest BCUT2D eigenvalue weighted by Crippen LogP contribution is 2.21. The number of aromatic nitrogens is 2. The van der Waals surface area contributed by atoms with Crippen LogP contribution >= 0.6 is 0 Å². The summed E-state index contributed by atoms with van der Waals surface area (Å²) in [5, 5.41) is 6.63. The minimum Gasteiger partial charge on any atom is -0.461 e. The molecule has 6 nitrogen and oxygen atoms in total. The number of nitrogens with zero attached hydrogens (tertiary/aromatic N) is 2. The van der Waals surface area contributed by atoms with Crippen molar-refractivity contribution in [2.24, 2.45) is 0 Å². The number of rotatable bonds is 6. The van der Waals surface area contributed by atoms with Crippen molar-refractivity contribution in [3.8, 4) is 11.6 Å². The van der Waals surface area contributed by atoms with Gasteiger partial charge >= 0.3 is 0 Å². The van der Waals surface area contributed by atoms with Crippen LogP contribution in [0.25, 0.3) is 11.6 Å². The number of hydrogen-bond donors (Lipinski definition) is 1. The fraction of sp³-hybridized carbons (Fsp3) is 0.0952. The fourth-order valence-corrected chi connectivity index (χ4v) is 2.82. The Bertz CT molecular complexity index is 1140. The molecule has 4 aromatic rings. The molecule has 0 radical (unpaired) electrons. The van der Waals surface area contributed by atoms with Crippen LogP contribution in [0.5, 0.6) is 0 Å². The van der Waals surface area contributed by atoms with E-state index in [0.717, 1.165) is 17.7 Å². The number of hydrogen-bond acceptors (Lipinski definition) is 5. The van der Waals surface area contributed by atoms with Crippen molar-refractivity contribution in [3.05, 3.63) is 89.5 Å². The van der Waals surface area contributed by atoms with Gasteiger partial charge in [-0.1, -0.05) is 29.4 Å². The maximum Gasteiger partial charge on any atom is 0.238 e. The van der Waals surface area contributed by atoms with Gasteiger partial charge in [0.25, 0.3) is 0 Å². The summed E-state index contributed by atoms with van der Waals surface area (Å²) in [6.07, 6.45) is 1.58. The van der Waals surface area contributed by atoms with E-state index in [4.69, 9.17) is 8.94 Å². The molecule has 2 heterocycles. The van der Waals surface area contributed by atoms with Crippen molar-refractivity contribution in [3.63, 3.8) is 0 Å². The number of para-hydroxylation sites is 1. The van der Waals surface area contributed by atoms with Crippen LogP contribution in [0.3, 0.4) is 0 Å². The summed E-state index contributed by atoms with van der Waals surface area (Å²) in [6, 6.07) is 13.7. The topological polar surface area (TPSA) is 81.2 Å². The van der Waals surface area contributed by atoms with Gasteiger partial charge < -0.3 is 14.3 Å². The third-order valence-electron chi connectivity index (χ3n) is 4.21. The molecular weight excluding hydrogens is 380 g/mol. The Labute approximate surface area is 164 Å². The minimum atomic E-state index is -0.759. The first-order valence-corrected chi connectivity index (χ1v) is 8.76. The van der Waals surface area contributed by atoms with Crippen LogP contribution in [0.2, 0.25) is 0 Å². The van der Waals surface area contributed by atoms with Gasteiger partial charge in [-0.25, -0.2) is 8.78 Å². The molecule has 1 amide bonds. The van der Waals surface area contributed by atoms with Gasteiger partial charge in [0.1, 0.15) is 11.6 Å². The largest absolute Gasteiger partial charge is 0.461 e. The summed E-state index contributed by atoms with van der Waals surface area (Å²) in [7, 11) is 0. The summed E-state index contributed by atoms with van der Waals surface area (Å²) in [5.74, 6) is -0.705. The zero-order chi connectivity index (χ0) is 20.2. The van der Waals surface area contributed by atoms with Crippen molar-refractivity contribution in [1.82, 2.24) is 10.1 Å². The van der Waals surface area contributed by atoms with Crippen LogP contribution in [-0.4, -0.2) is 16.0 Å². The normalized spacial score (nSPS) is 10.8. The lowest BCUT2D eigenvalue weighted by Gasteiger charge is -2.10. The zero-order valence-electron chi connectivity index (χ0n) is 15.1. The van der Waals surface area contributed by atoms with Gasteiger partial charge in [-0.05, 0) is 35.4 Å². The lowest BCUT2D eigenvalue weighted by atomic mass is 10.1. The average molecular weight is 395 g/mol. The summed E-state index contributed by atoms with van der Waals surface area (Å²) in [4.78, 5) is 16.6. The van der Waals surface area contributed by atoms with Gasteiger partial charge in [0.15, 0.2) is 5.76 Å². The van der Waals surface area contributed by atoms with E-state index in [1.807, 2.05) is 12.1 Å². The fourth-order valence-electron chi connectivity index (χ4n) is 2.82. The Hall–Kier alpha value is -3.81. The molecule has 0 spiro atoms. The number of nitrogens with one attached hydrogen (secondary N) is 1. The standard InChI is InChI=1S/C21H15F2N3O3/c22-15-8-7-13(16(23)12-15)10-19(27)24-17-5-2-1-4-14(17)11-20-25-21(26-29-20)18-6-3-9-28-18/h1-9,12H,10-11H2,(H,24,27). The minimum absolute atomic E-state index is 0.112. The second-order valence-electron chi connectivity index (χ2n) is 6.28. The van der Waals surface area contributed by atoms with E-state index in [-0.39, 0.29) is 18.4 Å². The molecule has 0 aliphatic heterocycles. The molecule has 0 fully saturated rings. The smallest absolute Gasteiger partial charge is 0.238 e. The Kier molecular flexibility index (Phi) is 5.15. The Balaban J connectivity index is 1.47. The van der Waals surface area contributed by atoms with E-state index >= 15 is 0 Å². The molecule has 0 bridgehead atoms. The molecule has 146 valence electrons. The van der Waals surface area contributed by atoms with Crippen LogP contribution in [0.4, 0.5) is 14.5 Å². The number of amides is 1. The first-order chi connectivity index (χ1) is 14.1. The average Bonchev–Trinajstić information content (AvgIpc) is 3.37. The lowest BCUT2D eigenvalue weighted by Crippen LogP contribution is -2.16. The van der Waals surface area contributed by atoms with Gasteiger partial charge in [-0.15, -0.1) is 0 Å². The number of carbonyl (C=O) groups excluding carboxylic acids is 1. The second kappa shape index (κ2) is 8.05. The highest BCUT2D eigenvalue weighted by Gasteiger charge is 2.15. The van der Waals surface area contributed by atoms with E-state index in [0.29, 0.717) is 23.2 Å². The van der Waals surface area contributed by atoms with Crippen LogP contribution < -0.4 is 5.32 Å². The van der Waals surface area contributed by atoms with Crippen LogP contribution in [0.1, 0.15) is 17.0 Å². The molecule has 0 atom stereocenters. The molecule has 0 saturated heterocycles. The third-order valence-corrected chi connectivity index (χ3v) is 4.21. The summed E-state index contributed by atoms with van der Waals surface area (Å²) >= 11 is 0. The second-order valence-corrected chi connectivity index (χ2v) is 6.28. The van der Waals surface area contributed by atoms with Crippen molar-refractivity contribution in [2.45, 2.75) is 12.8 Å². The van der Waals surface area contributed by atoms with E-state index < -0.39 is 17.5 Å². The van der Waals surface area contributed by atoms with E-state index in [1.54, 1.807) is 24.3 Å². The van der Waals surface area contributed by atoms with Crippen molar-refractivity contribution >= 4 is 11.6 Å². The Morgan fingerprint density at radius 1 is 1.03 bits per heavy atom. The number of furan rings is 1. The van der Waals surface area contributed by atoms with Gasteiger partial charge in [-0.3, -0.25) is 4.79 Å². The molecule has 0 aliphatic rings. The van der Waals surface area contributed by atoms with Gasteiger partial charge in [0.2, 0.25) is 17.6 Å². The van der Waals surface area contributed by atoms with Gasteiger partial charge in [-0.2, -0.15) is 4.98 Å². The Morgan fingerprint density at radius 2 is 1.90 bits per heavy atom. The molecular formula is C21H15F2N3O3. The van der Waals surface area contributed by atoms with Gasteiger partial charge in [0.05, 0.1) is 19.1 Å². The van der Waals surface area contributed by atoms with Gasteiger partial charge in [0, 0.05) is 11.8 Å². The third kappa shape index (κ3) is 4.37. The van der Waals surface area contributed by atoms with Crippen LogP contribution in [0.15, 0.2) is 69.8 Å². The van der Waals surface area contributed by atoms with Crippen molar-refractivity contribution in [2.75, 3.05) is 5.32 Å². The molecule has 0 aliphatic carbocycles. The SMILES string of the molecule is O=C(Cc1ccc(F)cc1F)Nc1ccccc1Cc1nc(-c2ccco2)no1. The molecule has 2 aromatic carbocycles. The first kappa shape index (κ1) is 18.5. The number of carbonyl (C=O) groups is 1. The molecule has 4 rings (SSSR count). The van der Waals surface area contributed by atoms with E-state index in [9.17, 15) is 13.6 Å². The summed E-state index contributed by atoms with van der Waals surface area (Å²) in [6.45, 7) is 0. The number of halogens is 2. The molecule has 0 saturated carbocycles. The number of benzene rings is 2. The lowest BCUT2D eigenvalue weighted by molar-refractivity contribution is -0.115. The highest BCUT2D eigenvalue weighted by molar-refractivity contribution is 5.93. The molecule has 8 heteroatoms. The highest BCUT2D eigenvalue weighted by atomic mass is 19.1. The zero-order valence-corrected chi connectivity index (χ0v) is 15.1. The number of anilines is 1. The van der Waals surface area contributed by atoms with Crippen molar-refractivity contribution < 1.29 is 22.5 Å². The predicted molar refractivity (Wildman–Crippen MR) is 99.9 cm³/mol. The van der Waals surface area contributed by atoms with Crippen LogP contribution in [-0.2, 0) is 17.6 Å². The Morgan fingerprint density at radius 3 is 2.69 bits per heavy atom. The monoisotopic (exact) mass is 395 g/mol. The maximum absolute atomic E-state index is 13.8. The maximum atomic E-state index is 13.8. The van der Waals surface area contributed by atoms with E-state index in [1.165, 1.54) is 12.3 Å². The predicted octanol–water partition coefficient (Wildman–Crippen LogP) is 4.38. The molecule has 2 aromatic heterocycles. The summed E-state index contributed by atoms with van der Waals surface area (Å²) in [5.41, 5.74) is 1.40. The molecule has 1 N–H and O–H groups in total. The molecule has 0 unspecified atom stereocenters. The van der Waals surface area contributed by atoms with Crippen molar-refractivity contribution in [1.29, 1.82) is 0 Å². The first-order valence-electron chi connectivity index (χ1n) is 8.76. The molecule has 29 heavy (non-hydrogen) atoms.